The molecule has 0 bridgehead atoms. The molecule has 4 rings (SSSR count). The Balaban J connectivity index is 1.70. The number of pyridine rings is 1. The first-order valence-corrected chi connectivity index (χ1v) is 10.6. The van der Waals surface area contributed by atoms with Crippen LogP contribution in [0.2, 0.25) is 0 Å². The zero-order chi connectivity index (χ0) is 22.7. The first kappa shape index (κ1) is 21.6. The lowest BCUT2D eigenvalue weighted by Crippen LogP contribution is -2.43. The van der Waals surface area contributed by atoms with Crippen molar-refractivity contribution in [2.75, 3.05) is 23.9 Å². The van der Waals surface area contributed by atoms with Crippen molar-refractivity contribution in [1.29, 1.82) is 0 Å². The Morgan fingerprint density at radius 1 is 1.28 bits per heavy atom. The summed E-state index contributed by atoms with van der Waals surface area (Å²) in [6.07, 6.45) is 11.8. The molecule has 0 unspecified atom stereocenters. The fraction of sp³-hybridized carbons (Fsp3) is 0.320. The van der Waals surface area contributed by atoms with Crippen molar-refractivity contribution in [3.63, 3.8) is 0 Å². The number of rotatable bonds is 6. The van der Waals surface area contributed by atoms with E-state index in [2.05, 4.69) is 34.3 Å². The van der Waals surface area contributed by atoms with E-state index in [1.165, 1.54) is 0 Å². The highest BCUT2D eigenvalue weighted by Crippen LogP contribution is 2.40. The molecular formula is C25H27N5O2. The molecule has 1 N–H and O–H groups in total. The number of aromatic nitrogens is 3. The summed E-state index contributed by atoms with van der Waals surface area (Å²) in [5.74, 6) is 3.38. The maximum atomic E-state index is 12.4. The predicted octanol–water partition coefficient (Wildman–Crippen LogP) is 3.87. The summed E-state index contributed by atoms with van der Waals surface area (Å²) in [5, 5.41) is 7.97. The van der Waals surface area contributed by atoms with Crippen molar-refractivity contribution in [3.05, 3.63) is 60.0 Å². The molecule has 7 heteroatoms. The number of hydrogen-bond acceptors (Lipinski definition) is 5. The molecule has 0 saturated carbocycles. The standard InChI is InChI=1S/C25H27N5O2/c1-5-19-6-9-25(26-14-19)28-23-12-17(2)30(18(3)31)24-8-7-20(13-22(23)24)21-15-27-29(16-21)10-11-32-4/h1,6-9,13-17,23H,10-12H2,2-4H3,(H,26,28)/t17-,23+/m0/s1. The van der Waals surface area contributed by atoms with Crippen molar-refractivity contribution in [2.45, 2.75) is 38.9 Å². The van der Waals surface area contributed by atoms with E-state index < -0.39 is 0 Å². The number of nitrogens with one attached hydrogen (secondary N) is 1. The molecule has 3 heterocycles. The van der Waals surface area contributed by atoms with Crippen LogP contribution in [0.5, 0.6) is 0 Å². The highest BCUT2D eigenvalue weighted by Gasteiger charge is 2.32. The number of carbonyl (C=O) groups is 1. The lowest BCUT2D eigenvalue weighted by atomic mass is 9.89. The molecule has 1 amide bonds. The van der Waals surface area contributed by atoms with Gasteiger partial charge in [-0.3, -0.25) is 9.48 Å². The highest BCUT2D eigenvalue weighted by molar-refractivity contribution is 5.94. The van der Waals surface area contributed by atoms with Crippen molar-refractivity contribution < 1.29 is 9.53 Å². The minimum absolute atomic E-state index is 0.00303. The minimum atomic E-state index is 0.00303. The van der Waals surface area contributed by atoms with Gasteiger partial charge in [0.1, 0.15) is 5.82 Å². The molecule has 0 radical (unpaired) electrons. The molecule has 32 heavy (non-hydrogen) atoms. The molecule has 2 atom stereocenters. The van der Waals surface area contributed by atoms with Crippen LogP contribution in [0, 0.1) is 12.3 Å². The summed E-state index contributed by atoms with van der Waals surface area (Å²) < 4.78 is 7.01. The van der Waals surface area contributed by atoms with E-state index in [0.29, 0.717) is 13.2 Å². The second kappa shape index (κ2) is 9.25. The quantitative estimate of drug-likeness (QED) is 0.602. The molecule has 0 saturated heterocycles. The smallest absolute Gasteiger partial charge is 0.224 e. The molecule has 3 aromatic rings. The molecule has 0 fully saturated rings. The van der Waals surface area contributed by atoms with E-state index >= 15 is 0 Å². The first-order chi connectivity index (χ1) is 15.5. The topological polar surface area (TPSA) is 72.3 Å². The lowest BCUT2D eigenvalue weighted by Gasteiger charge is -2.39. The first-order valence-electron chi connectivity index (χ1n) is 10.6. The zero-order valence-corrected chi connectivity index (χ0v) is 18.6. The summed E-state index contributed by atoms with van der Waals surface area (Å²) in [6, 6.07) is 10.0. The van der Waals surface area contributed by atoms with Crippen LogP contribution in [0.15, 0.2) is 48.9 Å². The van der Waals surface area contributed by atoms with Crippen LogP contribution in [0.1, 0.15) is 37.4 Å². The van der Waals surface area contributed by atoms with E-state index in [1.54, 1.807) is 20.2 Å². The van der Waals surface area contributed by atoms with Gasteiger partial charge in [-0.05, 0) is 48.7 Å². The summed E-state index contributed by atoms with van der Waals surface area (Å²) in [6.45, 7) is 4.98. The van der Waals surface area contributed by atoms with E-state index in [4.69, 9.17) is 11.2 Å². The maximum absolute atomic E-state index is 12.4. The SMILES string of the molecule is C#Cc1ccc(N[C@@H]2C[C@H](C)N(C(C)=O)c3ccc(-c4cnn(CCOC)c4)cc32)nc1. The van der Waals surface area contributed by atoms with Gasteiger partial charge in [0, 0.05) is 49.3 Å². The van der Waals surface area contributed by atoms with Crippen LogP contribution >= 0.6 is 0 Å². The number of carbonyl (C=O) groups excluding carboxylic acids is 1. The number of benzene rings is 1. The Bertz CT molecular complexity index is 1150. The third-order valence-corrected chi connectivity index (χ3v) is 5.76. The molecule has 164 valence electrons. The summed E-state index contributed by atoms with van der Waals surface area (Å²) in [7, 11) is 1.68. The summed E-state index contributed by atoms with van der Waals surface area (Å²) in [5.41, 5.74) is 4.79. The predicted molar refractivity (Wildman–Crippen MR) is 125 cm³/mol. The Morgan fingerprint density at radius 3 is 2.81 bits per heavy atom. The Kier molecular flexibility index (Phi) is 6.24. The Hall–Kier alpha value is -3.63. The third-order valence-electron chi connectivity index (χ3n) is 5.76. The monoisotopic (exact) mass is 429 g/mol. The van der Waals surface area contributed by atoms with Gasteiger partial charge in [-0.1, -0.05) is 12.0 Å². The normalized spacial score (nSPS) is 17.5. The van der Waals surface area contributed by atoms with Crippen molar-refractivity contribution in [1.82, 2.24) is 14.8 Å². The fourth-order valence-corrected chi connectivity index (χ4v) is 4.22. The number of hydrogen-bond donors (Lipinski definition) is 1. The number of methoxy groups -OCH3 is 1. The van der Waals surface area contributed by atoms with Crippen molar-refractivity contribution in [2.24, 2.45) is 0 Å². The van der Waals surface area contributed by atoms with Crippen molar-refractivity contribution in [3.8, 4) is 23.5 Å². The van der Waals surface area contributed by atoms with Crippen LogP contribution in [-0.4, -0.2) is 40.4 Å². The van der Waals surface area contributed by atoms with Gasteiger partial charge in [0.05, 0.1) is 25.4 Å². The second-order valence-corrected chi connectivity index (χ2v) is 8.01. The van der Waals surface area contributed by atoms with Crippen molar-refractivity contribution >= 4 is 17.4 Å². The van der Waals surface area contributed by atoms with Crippen LogP contribution in [0.4, 0.5) is 11.5 Å². The van der Waals surface area contributed by atoms with Crippen LogP contribution < -0.4 is 10.2 Å². The van der Waals surface area contributed by atoms with E-state index in [1.807, 2.05) is 46.2 Å². The molecule has 1 aliphatic rings. The third kappa shape index (κ3) is 4.36. The van der Waals surface area contributed by atoms with Gasteiger partial charge >= 0.3 is 0 Å². The molecule has 2 aromatic heterocycles. The summed E-state index contributed by atoms with van der Waals surface area (Å²) in [4.78, 5) is 18.7. The second-order valence-electron chi connectivity index (χ2n) is 8.01. The van der Waals surface area contributed by atoms with E-state index in [-0.39, 0.29) is 18.0 Å². The van der Waals surface area contributed by atoms with Gasteiger partial charge < -0.3 is 15.0 Å². The minimum Gasteiger partial charge on any atom is -0.383 e. The van der Waals surface area contributed by atoms with Gasteiger partial charge in [0.2, 0.25) is 5.91 Å². The van der Waals surface area contributed by atoms with Gasteiger partial charge in [0.25, 0.3) is 0 Å². The van der Waals surface area contributed by atoms with Crippen LogP contribution in [-0.2, 0) is 16.1 Å². The molecule has 1 aromatic carbocycles. The van der Waals surface area contributed by atoms with Gasteiger partial charge in [-0.15, -0.1) is 6.42 Å². The number of fused-ring (bicyclic) bond motifs is 1. The molecule has 0 spiro atoms. The number of terminal acetylenes is 1. The summed E-state index contributed by atoms with van der Waals surface area (Å²) >= 11 is 0. The number of nitrogens with zero attached hydrogens (tertiary/aromatic N) is 4. The number of anilines is 2. The van der Waals surface area contributed by atoms with Gasteiger partial charge in [-0.25, -0.2) is 4.98 Å². The zero-order valence-electron chi connectivity index (χ0n) is 18.6. The Labute approximate surface area is 188 Å². The average molecular weight is 430 g/mol. The Morgan fingerprint density at radius 2 is 2.12 bits per heavy atom. The largest absolute Gasteiger partial charge is 0.383 e. The number of ether oxygens (including phenoxy) is 1. The molecular weight excluding hydrogens is 402 g/mol. The molecule has 1 aliphatic heterocycles. The molecule has 0 aliphatic carbocycles. The van der Waals surface area contributed by atoms with Crippen LogP contribution in [0.3, 0.4) is 0 Å². The van der Waals surface area contributed by atoms with Gasteiger partial charge in [-0.2, -0.15) is 5.10 Å². The molecule has 7 nitrogen and oxygen atoms in total. The lowest BCUT2D eigenvalue weighted by molar-refractivity contribution is -0.117. The van der Waals surface area contributed by atoms with Crippen LogP contribution in [0.25, 0.3) is 11.1 Å². The maximum Gasteiger partial charge on any atom is 0.224 e. The van der Waals surface area contributed by atoms with E-state index in [0.717, 1.165) is 40.2 Å². The fourth-order valence-electron chi connectivity index (χ4n) is 4.22. The van der Waals surface area contributed by atoms with Gasteiger partial charge in [0.15, 0.2) is 0 Å². The highest BCUT2D eigenvalue weighted by atomic mass is 16.5. The van der Waals surface area contributed by atoms with E-state index in [9.17, 15) is 4.79 Å². The average Bonchev–Trinajstić information content (AvgIpc) is 3.26. The number of amides is 1.